The molecule has 1 atom stereocenters. The molecule has 2 aliphatic rings. The molecule has 0 aromatic heterocycles. The van der Waals surface area contributed by atoms with Crippen LogP contribution < -0.4 is 5.32 Å². The lowest BCUT2D eigenvalue weighted by molar-refractivity contribution is -0.275. The lowest BCUT2D eigenvalue weighted by atomic mass is 9.89. The van der Waals surface area contributed by atoms with Gasteiger partial charge in [0.25, 0.3) is 11.5 Å². The highest BCUT2D eigenvalue weighted by Crippen LogP contribution is 2.50. The minimum atomic E-state index is -4.88. The fourth-order valence-corrected chi connectivity index (χ4v) is 4.81. The number of nitrogens with zero attached hydrogens (tertiary/aromatic N) is 2. The molecular weight excluding hydrogens is 509 g/mol. The van der Waals surface area contributed by atoms with Crippen molar-refractivity contribution in [1.82, 2.24) is 10.2 Å². The number of hydrogen-bond donors (Lipinski definition) is 1. The smallest absolute Gasteiger partial charge is 0.372 e. The number of nitrogens with one attached hydrogen (secondary N) is 1. The molecule has 2 aromatic rings. The third kappa shape index (κ3) is 4.68. The first-order valence-electron chi connectivity index (χ1n) is 11.1. The Balaban J connectivity index is 1.57. The highest BCUT2D eigenvalue weighted by Gasteiger charge is 2.63. The summed E-state index contributed by atoms with van der Waals surface area (Å²) in [7, 11) is 0. The van der Waals surface area contributed by atoms with Gasteiger partial charge in [0.2, 0.25) is 0 Å². The van der Waals surface area contributed by atoms with Gasteiger partial charge in [-0.3, -0.25) is 4.79 Å². The number of oxime groups is 1. The zero-order valence-electron chi connectivity index (χ0n) is 19.0. The predicted octanol–water partition coefficient (Wildman–Crippen LogP) is 6.48. The first kappa shape index (κ1) is 25.6. The Morgan fingerprint density at radius 1 is 1.17 bits per heavy atom. The topological polar surface area (TPSA) is 53.9 Å². The van der Waals surface area contributed by atoms with Crippen molar-refractivity contribution in [3.05, 3.63) is 67.9 Å². The van der Waals surface area contributed by atoms with Crippen LogP contribution in [0.15, 0.2) is 29.4 Å². The van der Waals surface area contributed by atoms with Gasteiger partial charge in [-0.25, -0.2) is 4.39 Å². The average Bonchev–Trinajstić information content (AvgIpc) is 3.41. The van der Waals surface area contributed by atoms with Gasteiger partial charge in [-0.2, -0.15) is 13.2 Å². The number of carbonyl (C=O) groups excluding carboxylic acids is 1. The normalized spacial score (nSPS) is 19.4. The van der Waals surface area contributed by atoms with Crippen molar-refractivity contribution in [2.75, 3.05) is 6.54 Å². The van der Waals surface area contributed by atoms with Crippen LogP contribution in [0.5, 0.6) is 0 Å². The van der Waals surface area contributed by atoms with Gasteiger partial charge in [0.15, 0.2) is 5.82 Å². The second-order valence-corrected chi connectivity index (χ2v) is 9.57. The summed E-state index contributed by atoms with van der Waals surface area (Å²) in [5.74, 6) is -1.10. The van der Waals surface area contributed by atoms with Gasteiger partial charge < -0.3 is 15.1 Å². The van der Waals surface area contributed by atoms with Gasteiger partial charge in [-0.1, -0.05) is 47.8 Å². The third-order valence-corrected chi connectivity index (χ3v) is 6.87. The van der Waals surface area contributed by atoms with E-state index in [1.807, 2.05) is 19.9 Å². The van der Waals surface area contributed by atoms with Crippen molar-refractivity contribution >= 4 is 34.9 Å². The van der Waals surface area contributed by atoms with Gasteiger partial charge in [0, 0.05) is 30.8 Å². The van der Waals surface area contributed by atoms with Crippen LogP contribution in [0.4, 0.5) is 17.6 Å². The molecule has 1 N–H and O–H groups in total. The molecule has 0 saturated carbocycles. The molecule has 35 heavy (non-hydrogen) atoms. The predicted molar refractivity (Wildman–Crippen MR) is 125 cm³/mol. The molecular formula is C24H23Cl2F4N3O2. The van der Waals surface area contributed by atoms with E-state index in [0.717, 1.165) is 41.7 Å². The summed E-state index contributed by atoms with van der Waals surface area (Å²) >= 11 is 11.5. The Morgan fingerprint density at radius 3 is 2.40 bits per heavy atom. The Labute approximate surface area is 210 Å². The molecule has 0 bridgehead atoms. The van der Waals surface area contributed by atoms with Crippen molar-refractivity contribution in [3.63, 3.8) is 0 Å². The highest BCUT2D eigenvalue weighted by atomic mass is 35.5. The van der Waals surface area contributed by atoms with Gasteiger partial charge in [-0.15, -0.1) is 0 Å². The number of unbranched alkanes of at least 4 members (excludes halogenated alkanes) is 1. The molecule has 2 aliphatic heterocycles. The number of benzene rings is 2. The first-order chi connectivity index (χ1) is 16.5. The zero-order chi connectivity index (χ0) is 25.5. The molecule has 11 heteroatoms. The first-order valence-corrected chi connectivity index (χ1v) is 11.8. The fourth-order valence-electron chi connectivity index (χ4n) is 4.32. The molecule has 5 nitrogen and oxygen atoms in total. The molecule has 1 unspecified atom stereocenters. The maximum Gasteiger partial charge on any atom is 0.435 e. The van der Waals surface area contributed by atoms with E-state index in [1.54, 1.807) is 11.0 Å². The van der Waals surface area contributed by atoms with E-state index >= 15 is 0 Å². The lowest BCUT2D eigenvalue weighted by Gasteiger charge is -2.30. The number of fused-ring (bicyclic) bond motifs is 1. The Bertz CT molecular complexity index is 1180. The second kappa shape index (κ2) is 9.50. The maximum absolute atomic E-state index is 14.3. The van der Waals surface area contributed by atoms with E-state index in [1.165, 1.54) is 0 Å². The molecule has 0 saturated heterocycles. The Morgan fingerprint density at radius 2 is 1.80 bits per heavy atom. The molecule has 0 fully saturated rings. The van der Waals surface area contributed by atoms with Gasteiger partial charge in [0.1, 0.15) is 5.84 Å². The van der Waals surface area contributed by atoms with Crippen LogP contribution in [0.2, 0.25) is 10.0 Å². The van der Waals surface area contributed by atoms with Crippen LogP contribution >= 0.6 is 23.2 Å². The number of rotatable bonds is 5. The third-order valence-electron chi connectivity index (χ3n) is 6.32. The van der Waals surface area contributed by atoms with Gasteiger partial charge in [-0.05, 0) is 48.2 Å². The van der Waals surface area contributed by atoms with Crippen molar-refractivity contribution in [2.24, 2.45) is 5.16 Å². The number of carbonyl (C=O) groups is 1. The number of aryl methyl sites for hydroxylation is 1. The molecule has 188 valence electrons. The van der Waals surface area contributed by atoms with Gasteiger partial charge in [0.05, 0.1) is 16.5 Å². The van der Waals surface area contributed by atoms with E-state index in [2.05, 4.69) is 10.5 Å². The standard InChI is InChI=1S/C24H23Cl2F4N3O2/c1-3-4-5-31-22(34)17-7-15-12-33(11-14(15)6-13(17)2)20-10-23(35-32-20,24(28,29)30)16-8-18(25)21(27)19(26)9-16/h6-9H,3-5,10-12H2,1-2H3,(H,31,34). The zero-order valence-corrected chi connectivity index (χ0v) is 20.5. The number of amides is 1. The van der Waals surface area contributed by atoms with Gasteiger partial charge >= 0.3 is 6.18 Å². The summed E-state index contributed by atoms with van der Waals surface area (Å²) < 4.78 is 56.7. The minimum absolute atomic E-state index is 0.0849. The van der Waals surface area contributed by atoms with Crippen molar-refractivity contribution < 1.29 is 27.2 Å². The van der Waals surface area contributed by atoms with E-state index in [4.69, 9.17) is 28.0 Å². The monoisotopic (exact) mass is 531 g/mol. The van der Waals surface area contributed by atoms with Crippen molar-refractivity contribution in [1.29, 1.82) is 0 Å². The molecule has 4 rings (SSSR count). The summed E-state index contributed by atoms with van der Waals surface area (Å²) in [6, 6.07) is 5.37. The van der Waals surface area contributed by atoms with E-state index in [-0.39, 0.29) is 18.3 Å². The molecule has 0 spiro atoms. The summed E-state index contributed by atoms with van der Waals surface area (Å²) in [6.07, 6.45) is -3.69. The van der Waals surface area contributed by atoms with Crippen LogP contribution in [0.1, 0.15) is 58.8 Å². The fraction of sp³-hybridized carbons (Fsp3) is 0.417. The number of amidine groups is 1. The van der Waals surface area contributed by atoms with Crippen LogP contribution in [-0.4, -0.2) is 29.4 Å². The van der Waals surface area contributed by atoms with Crippen LogP contribution in [0, 0.1) is 12.7 Å². The number of halogens is 6. The average molecular weight is 532 g/mol. The summed E-state index contributed by atoms with van der Waals surface area (Å²) in [5, 5.41) is 5.58. The van der Waals surface area contributed by atoms with Crippen molar-refractivity contribution in [3.8, 4) is 0 Å². The van der Waals surface area contributed by atoms with Crippen LogP contribution in [-0.2, 0) is 23.5 Å². The quantitative estimate of drug-likeness (QED) is 0.273. The summed E-state index contributed by atoms with van der Waals surface area (Å²) in [6.45, 7) is 5.01. The van der Waals surface area contributed by atoms with E-state index in [9.17, 15) is 22.4 Å². The minimum Gasteiger partial charge on any atom is -0.372 e. The molecule has 2 aromatic carbocycles. The SMILES string of the molecule is CCCCNC(=O)c1cc2c(cc1C)CN(C1=NOC(c3cc(Cl)c(F)c(Cl)c3)(C(F)(F)F)C1)C2. The largest absolute Gasteiger partial charge is 0.435 e. The second-order valence-electron chi connectivity index (χ2n) is 8.76. The Kier molecular flexibility index (Phi) is 6.94. The maximum atomic E-state index is 14.3. The Hall–Kier alpha value is -2.52. The molecule has 0 radical (unpaired) electrons. The summed E-state index contributed by atoms with van der Waals surface area (Å²) in [4.78, 5) is 19.3. The van der Waals surface area contributed by atoms with Crippen molar-refractivity contribution in [2.45, 2.75) is 58.0 Å². The lowest BCUT2D eigenvalue weighted by Crippen LogP contribution is -2.44. The van der Waals surface area contributed by atoms with Crippen LogP contribution in [0.25, 0.3) is 0 Å². The van der Waals surface area contributed by atoms with E-state index < -0.39 is 39.6 Å². The van der Waals surface area contributed by atoms with Crippen LogP contribution in [0.3, 0.4) is 0 Å². The number of alkyl halides is 3. The summed E-state index contributed by atoms with van der Waals surface area (Å²) in [5.41, 5.74) is -0.239. The highest BCUT2D eigenvalue weighted by molar-refractivity contribution is 6.35. The molecule has 2 heterocycles. The van der Waals surface area contributed by atoms with E-state index in [0.29, 0.717) is 18.7 Å². The molecule has 0 aliphatic carbocycles. The number of hydrogen-bond acceptors (Lipinski definition) is 4. The molecule has 1 amide bonds.